The average molecular weight is 466 g/mol. The summed E-state index contributed by atoms with van der Waals surface area (Å²) in [6, 6.07) is 14.8. The zero-order valence-corrected chi connectivity index (χ0v) is 19.6. The molecule has 4 amide bonds. The minimum atomic E-state index is -0.863. The maximum Gasteiger partial charge on any atom is 0.325 e. The van der Waals surface area contributed by atoms with Crippen molar-refractivity contribution >= 4 is 17.8 Å². The number of benzene rings is 2. The largest absolute Gasteiger partial charge is 0.493 e. The zero-order chi connectivity index (χ0) is 24.1. The van der Waals surface area contributed by atoms with Gasteiger partial charge in [0.1, 0.15) is 18.7 Å². The predicted octanol–water partition coefficient (Wildman–Crippen LogP) is 3.39. The van der Waals surface area contributed by atoms with Gasteiger partial charge in [0.05, 0.1) is 7.11 Å². The monoisotopic (exact) mass is 465 g/mol. The molecule has 2 aliphatic rings. The Morgan fingerprint density at radius 1 is 1.12 bits per heavy atom. The number of hydrogen-bond acceptors (Lipinski definition) is 5. The third kappa shape index (κ3) is 4.85. The van der Waals surface area contributed by atoms with Crippen LogP contribution in [0.5, 0.6) is 11.5 Å². The number of carbonyl (C=O) groups is 3. The summed E-state index contributed by atoms with van der Waals surface area (Å²) in [7, 11) is 1.56. The fourth-order valence-electron chi connectivity index (χ4n) is 4.72. The molecule has 0 aromatic heterocycles. The standard InChI is InChI=1S/C26H31N3O5/c1-18-8-6-7-13-26(18)24(31)29(25(32)28-26)16-23(30)27-15-20-11-12-21(22(14-20)33-2)34-17-19-9-4-3-5-10-19/h3-5,9-12,14,18H,6-8,13,15-17H2,1-2H3,(H,27,30)(H,28,32). The second-order valence-electron chi connectivity index (χ2n) is 8.98. The molecule has 1 aliphatic carbocycles. The lowest BCUT2D eigenvalue weighted by atomic mass is 9.73. The van der Waals surface area contributed by atoms with Gasteiger partial charge < -0.3 is 20.1 Å². The van der Waals surface area contributed by atoms with Gasteiger partial charge >= 0.3 is 6.03 Å². The van der Waals surface area contributed by atoms with Crippen LogP contribution >= 0.6 is 0 Å². The highest BCUT2D eigenvalue weighted by molar-refractivity contribution is 6.09. The number of methoxy groups -OCH3 is 1. The number of rotatable bonds is 8. The van der Waals surface area contributed by atoms with Crippen LogP contribution in [0, 0.1) is 5.92 Å². The van der Waals surface area contributed by atoms with Gasteiger partial charge in [0.2, 0.25) is 5.91 Å². The van der Waals surface area contributed by atoms with Crippen molar-refractivity contribution in [1.82, 2.24) is 15.5 Å². The van der Waals surface area contributed by atoms with E-state index in [1.54, 1.807) is 19.2 Å². The van der Waals surface area contributed by atoms with E-state index in [1.165, 1.54) is 0 Å². The molecule has 2 aromatic carbocycles. The maximum absolute atomic E-state index is 13.0. The summed E-state index contributed by atoms with van der Waals surface area (Å²) < 4.78 is 11.3. The number of carbonyl (C=O) groups excluding carboxylic acids is 3. The molecule has 1 saturated heterocycles. The van der Waals surface area contributed by atoms with Crippen LogP contribution in [0.25, 0.3) is 0 Å². The van der Waals surface area contributed by atoms with E-state index in [2.05, 4.69) is 10.6 Å². The smallest absolute Gasteiger partial charge is 0.325 e. The first-order valence-corrected chi connectivity index (χ1v) is 11.7. The van der Waals surface area contributed by atoms with Crippen LogP contribution in [-0.4, -0.2) is 41.9 Å². The number of hydrogen-bond donors (Lipinski definition) is 2. The molecule has 1 aliphatic heterocycles. The van der Waals surface area contributed by atoms with Crippen molar-refractivity contribution in [2.45, 2.75) is 51.3 Å². The Labute approximate surface area is 199 Å². The van der Waals surface area contributed by atoms with Crippen molar-refractivity contribution in [2.24, 2.45) is 5.92 Å². The number of imide groups is 1. The summed E-state index contributed by atoms with van der Waals surface area (Å²) in [5.41, 5.74) is 0.996. The fraction of sp³-hybridized carbons (Fsp3) is 0.423. The highest BCUT2D eigenvalue weighted by atomic mass is 16.5. The molecule has 2 N–H and O–H groups in total. The van der Waals surface area contributed by atoms with E-state index in [4.69, 9.17) is 9.47 Å². The Kier molecular flexibility index (Phi) is 7.05. The molecule has 0 bridgehead atoms. The Bertz CT molecular complexity index is 1060. The normalized spacial score (nSPS) is 21.9. The average Bonchev–Trinajstić information content (AvgIpc) is 3.09. The Morgan fingerprint density at radius 3 is 2.65 bits per heavy atom. The summed E-state index contributed by atoms with van der Waals surface area (Å²) in [4.78, 5) is 39.1. The van der Waals surface area contributed by atoms with E-state index >= 15 is 0 Å². The lowest BCUT2D eigenvalue weighted by Crippen LogP contribution is -2.54. The van der Waals surface area contributed by atoms with Crippen molar-refractivity contribution in [3.63, 3.8) is 0 Å². The van der Waals surface area contributed by atoms with Crippen molar-refractivity contribution in [3.8, 4) is 11.5 Å². The molecule has 4 rings (SSSR count). The Balaban J connectivity index is 1.33. The minimum absolute atomic E-state index is 0.0563. The van der Waals surface area contributed by atoms with Crippen molar-refractivity contribution in [3.05, 3.63) is 59.7 Å². The van der Waals surface area contributed by atoms with Gasteiger partial charge in [-0.1, -0.05) is 56.2 Å². The quantitative estimate of drug-likeness (QED) is 0.583. The molecule has 2 atom stereocenters. The van der Waals surface area contributed by atoms with E-state index in [1.807, 2.05) is 43.3 Å². The van der Waals surface area contributed by atoms with E-state index in [-0.39, 0.29) is 24.9 Å². The first-order chi connectivity index (χ1) is 16.4. The summed E-state index contributed by atoms with van der Waals surface area (Å²) in [5.74, 6) is 0.535. The minimum Gasteiger partial charge on any atom is -0.493 e. The molecule has 1 heterocycles. The summed E-state index contributed by atoms with van der Waals surface area (Å²) in [6.07, 6.45) is 3.45. The van der Waals surface area contributed by atoms with E-state index in [9.17, 15) is 14.4 Å². The van der Waals surface area contributed by atoms with E-state index in [0.717, 1.165) is 35.3 Å². The van der Waals surface area contributed by atoms with Crippen LogP contribution in [0.2, 0.25) is 0 Å². The van der Waals surface area contributed by atoms with Crippen LogP contribution in [0.15, 0.2) is 48.5 Å². The SMILES string of the molecule is COc1cc(CNC(=O)CN2C(=O)NC3(CCCCC3C)C2=O)ccc1OCc1ccccc1. The van der Waals surface area contributed by atoms with Gasteiger partial charge in [0.15, 0.2) is 11.5 Å². The molecule has 2 unspecified atom stereocenters. The van der Waals surface area contributed by atoms with Gasteiger partial charge in [0, 0.05) is 6.54 Å². The molecule has 1 spiro atoms. The van der Waals surface area contributed by atoms with Crippen molar-refractivity contribution in [2.75, 3.05) is 13.7 Å². The number of ether oxygens (including phenoxy) is 2. The van der Waals surface area contributed by atoms with Crippen LogP contribution < -0.4 is 20.1 Å². The van der Waals surface area contributed by atoms with Gasteiger partial charge in [-0.15, -0.1) is 0 Å². The molecule has 0 radical (unpaired) electrons. The lowest BCUT2D eigenvalue weighted by Gasteiger charge is -2.36. The second kappa shape index (κ2) is 10.2. The van der Waals surface area contributed by atoms with Crippen molar-refractivity contribution in [1.29, 1.82) is 0 Å². The highest BCUT2D eigenvalue weighted by Gasteiger charge is 2.55. The second-order valence-corrected chi connectivity index (χ2v) is 8.98. The molecule has 2 fully saturated rings. The maximum atomic E-state index is 13.0. The van der Waals surface area contributed by atoms with E-state index in [0.29, 0.717) is 24.5 Å². The number of amides is 4. The van der Waals surface area contributed by atoms with Gasteiger partial charge in [-0.2, -0.15) is 0 Å². The van der Waals surface area contributed by atoms with E-state index < -0.39 is 17.5 Å². The first kappa shape index (κ1) is 23.6. The van der Waals surface area contributed by atoms with Crippen molar-refractivity contribution < 1.29 is 23.9 Å². The first-order valence-electron chi connectivity index (χ1n) is 11.7. The number of nitrogens with zero attached hydrogens (tertiary/aromatic N) is 1. The third-order valence-corrected chi connectivity index (χ3v) is 6.76. The predicted molar refractivity (Wildman–Crippen MR) is 126 cm³/mol. The summed E-state index contributed by atoms with van der Waals surface area (Å²) in [6.45, 7) is 2.34. The van der Waals surface area contributed by atoms with Gasteiger partial charge in [0.25, 0.3) is 5.91 Å². The number of nitrogens with one attached hydrogen (secondary N) is 2. The molecule has 8 nitrogen and oxygen atoms in total. The lowest BCUT2D eigenvalue weighted by molar-refractivity contribution is -0.137. The summed E-state index contributed by atoms with van der Waals surface area (Å²) >= 11 is 0. The van der Waals surface area contributed by atoms with Gasteiger partial charge in [-0.05, 0) is 42.0 Å². The topological polar surface area (TPSA) is 97.0 Å². The molecule has 2 aromatic rings. The van der Waals surface area contributed by atoms with Crippen LogP contribution in [0.4, 0.5) is 4.79 Å². The summed E-state index contributed by atoms with van der Waals surface area (Å²) in [5, 5.41) is 5.66. The zero-order valence-electron chi connectivity index (χ0n) is 19.6. The highest BCUT2D eigenvalue weighted by Crippen LogP contribution is 2.38. The number of urea groups is 1. The Hall–Kier alpha value is -3.55. The molecular formula is C26H31N3O5. The fourth-order valence-corrected chi connectivity index (χ4v) is 4.72. The molecule has 1 saturated carbocycles. The molecule has 8 heteroatoms. The third-order valence-electron chi connectivity index (χ3n) is 6.76. The molecular weight excluding hydrogens is 434 g/mol. The molecule has 180 valence electrons. The Morgan fingerprint density at radius 2 is 1.91 bits per heavy atom. The van der Waals surface area contributed by atoms with Gasteiger partial charge in [-0.3, -0.25) is 14.5 Å². The van der Waals surface area contributed by atoms with Crippen LogP contribution in [0.1, 0.15) is 43.7 Å². The van der Waals surface area contributed by atoms with Gasteiger partial charge in [-0.25, -0.2) is 4.79 Å². The van der Waals surface area contributed by atoms with Crippen LogP contribution in [-0.2, 0) is 22.7 Å². The molecule has 34 heavy (non-hydrogen) atoms. The van der Waals surface area contributed by atoms with Crippen LogP contribution in [0.3, 0.4) is 0 Å².